The first-order valence-electron chi connectivity index (χ1n) is 5.82. The van der Waals surface area contributed by atoms with Crippen molar-refractivity contribution in [1.29, 1.82) is 0 Å². The first kappa shape index (κ1) is 13.8. The Morgan fingerprint density at radius 2 is 2.33 bits per heavy atom. The van der Waals surface area contributed by atoms with Gasteiger partial charge >= 0.3 is 5.13 Å². The van der Waals surface area contributed by atoms with Gasteiger partial charge in [0, 0.05) is 7.11 Å². The fourth-order valence-electron chi connectivity index (χ4n) is 2.12. The van der Waals surface area contributed by atoms with Crippen molar-refractivity contribution >= 4 is 16.5 Å². The van der Waals surface area contributed by atoms with Crippen LogP contribution in [0.2, 0.25) is 0 Å². The van der Waals surface area contributed by atoms with Gasteiger partial charge in [0.1, 0.15) is 17.7 Å². The van der Waals surface area contributed by atoms with Crippen molar-refractivity contribution in [3.8, 4) is 0 Å². The third-order valence-electron chi connectivity index (χ3n) is 3.19. The van der Waals surface area contributed by atoms with Gasteiger partial charge in [-0.25, -0.2) is 4.90 Å². The Morgan fingerprint density at radius 3 is 2.89 bits per heavy atom. The largest absolute Gasteiger partial charge is 0.623 e. The van der Waals surface area contributed by atoms with E-state index in [1.165, 1.54) is 11.3 Å². The monoisotopic (exact) mass is 274 g/mol. The quantitative estimate of drug-likeness (QED) is 0.621. The molecule has 3 atom stereocenters. The zero-order valence-corrected chi connectivity index (χ0v) is 11.6. The van der Waals surface area contributed by atoms with Crippen molar-refractivity contribution in [2.24, 2.45) is 0 Å². The van der Waals surface area contributed by atoms with E-state index < -0.39 is 10.9 Å². The molecule has 0 saturated carbocycles. The fraction of sp³-hybridized carbons (Fsp3) is 0.800. The number of likely N-dealkylation sites (N-methyl/N-ethyl adjacent to an activating group) is 1. The molecular weight excluding hydrogens is 256 g/mol. The lowest BCUT2D eigenvalue weighted by atomic mass is 10.3. The highest BCUT2D eigenvalue weighted by Crippen LogP contribution is 2.35. The Morgan fingerprint density at radius 1 is 1.61 bits per heavy atom. The summed E-state index contributed by atoms with van der Waals surface area (Å²) in [4.78, 5) is 1.80. The minimum absolute atomic E-state index is 0.160. The maximum Gasteiger partial charge on any atom is 0.309 e. The summed E-state index contributed by atoms with van der Waals surface area (Å²) in [5.74, 6) is 0. The number of quaternary nitrogens is 1. The van der Waals surface area contributed by atoms with Crippen LogP contribution < -0.4 is 4.65 Å². The van der Waals surface area contributed by atoms with Gasteiger partial charge in [-0.1, -0.05) is 12.0 Å². The second kappa shape index (κ2) is 5.16. The molecule has 2 heterocycles. The van der Waals surface area contributed by atoms with Gasteiger partial charge in [0.25, 0.3) is 0 Å². The normalized spacial score (nSPS) is 33.2. The summed E-state index contributed by atoms with van der Waals surface area (Å²) in [6, 6.07) is -0.318. The van der Waals surface area contributed by atoms with E-state index in [0.29, 0.717) is 11.7 Å². The Balaban J connectivity index is 2.25. The molecule has 1 aliphatic rings. The number of hydroxylamine groups is 2. The summed E-state index contributed by atoms with van der Waals surface area (Å²) in [5, 5.41) is 32.0. The van der Waals surface area contributed by atoms with Crippen LogP contribution in [-0.4, -0.2) is 59.9 Å². The van der Waals surface area contributed by atoms with Crippen LogP contribution in [0.3, 0.4) is 0 Å². The second-order valence-electron chi connectivity index (χ2n) is 4.46. The highest BCUT2D eigenvalue weighted by Gasteiger charge is 2.48. The summed E-state index contributed by atoms with van der Waals surface area (Å²) in [6.45, 7) is 2.44. The molecule has 1 N–H and O–H groups in total. The maximum absolute atomic E-state index is 12.8. The lowest BCUT2D eigenvalue weighted by Crippen LogP contribution is -2.51. The maximum atomic E-state index is 12.8. The van der Waals surface area contributed by atoms with Crippen molar-refractivity contribution < 1.29 is 9.84 Å². The number of aryl methyl sites for hydroxylation is 1. The van der Waals surface area contributed by atoms with Gasteiger partial charge in [-0.3, -0.25) is 4.65 Å². The van der Waals surface area contributed by atoms with E-state index >= 15 is 0 Å². The molecule has 1 fully saturated rings. The smallest absolute Gasteiger partial charge is 0.309 e. The van der Waals surface area contributed by atoms with Gasteiger partial charge in [-0.05, 0) is 24.8 Å². The molecule has 0 radical (unpaired) electrons. The molecule has 2 rings (SSSR count). The molecule has 1 aromatic rings. The van der Waals surface area contributed by atoms with Crippen LogP contribution in [-0.2, 0) is 11.2 Å². The molecule has 1 aliphatic heterocycles. The molecular formula is C10H18N4O3S. The van der Waals surface area contributed by atoms with Crippen LogP contribution >= 0.6 is 11.3 Å². The van der Waals surface area contributed by atoms with E-state index in [4.69, 9.17) is 4.74 Å². The highest BCUT2D eigenvalue weighted by atomic mass is 32.1. The highest BCUT2D eigenvalue weighted by molar-refractivity contribution is 7.15. The van der Waals surface area contributed by atoms with E-state index in [1.54, 1.807) is 19.1 Å². The summed E-state index contributed by atoms with van der Waals surface area (Å²) in [6.07, 6.45) is -0.349. The minimum atomic E-state index is -1.09. The van der Waals surface area contributed by atoms with Crippen LogP contribution in [0.1, 0.15) is 11.9 Å². The van der Waals surface area contributed by atoms with E-state index in [-0.39, 0.29) is 12.7 Å². The number of aliphatic hydroxyl groups excluding tert-OH is 1. The van der Waals surface area contributed by atoms with Crippen LogP contribution in [0.5, 0.6) is 0 Å². The Kier molecular flexibility index (Phi) is 3.95. The van der Waals surface area contributed by atoms with Crippen molar-refractivity contribution in [2.45, 2.75) is 25.6 Å². The molecule has 0 bridgehead atoms. The molecule has 7 nitrogen and oxygen atoms in total. The van der Waals surface area contributed by atoms with Gasteiger partial charge in [0.2, 0.25) is 6.23 Å². The number of nitrogens with zero attached hydrogens (tertiary/aromatic N) is 4. The van der Waals surface area contributed by atoms with Gasteiger partial charge < -0.3 is 15.1 Å². The number of ether oxygens (including phenoxy) is 1. The van der Waals surface area contributed by atoms with E-state index in [0.717, 1.165) is 11.4 Å². The third kappa shape index (κ3) is 2.15. The average molecular weight is 274 g/mol. The number of rotatable bonds is 4. The molecule has 8 heteroatoms. The molecule has 1 saturated heterocycles. The molecule has 18 heavy (non-hydrogen) atoms. The van der Waals surface area contributed by atoms with Crippen molar-refractivity contribution in [1.82, 2.24) is 19.7 Å². The number of hydrogen-bond donors (Lipinski definition) is 1. The van der Waals surface area contributed by atoms with Crippen LogP contribution in [0.25, 0.3) is 0 Å². The average Bonchev–Trinajstić information content (AvgIpc) is 2.90. The fourth-order valence-corrected chi connectivity index (χ4v) is 2.96. The van der Waals surface area contributed by atoms with Crippen molar-refractivity contribution in [2.75, 3.05) is 27.4 Å². The number of hydrogen-bond acceptors (Lipinski definition) is 7. The number of aliphatic hydroxyl groups is 1. The third-order valence-corrected chi connectivity index (χ3v) is 4.37. The SMILES string of the molecule is CCc1nnc([N+]2([O-])CN(C)C(COC)C2O)s1. The zero-order chi connectivity index (χ0) is 13.3. The van der Waals surface area contributed by atoms with Crippen molar-refractivity contribution in [3.63, 3.8) is 0 Å². The molecule has 0 aliphatic carbocycles. The minimum Gasteiger partial charge on any atom is -0.623 e. The van der Waals surface area contributed by atoms with E-state index in [2.05, 4.69) is 10.2 Å². The molecule has 102 valence electrons. The van der Waals surface area contributed by atoms with Crippen LogP contribution in [0, 0.1) is 5.21 Å². The molecule has 3 unspecified atom stereocenters. The predicted molar refractivity (Wildman–Crippen MR) is 68.7 cm³/mol. The lowest BCUT2D eigenvalue weighted by molar-refractivity contribution is 0.0228. The van der Waals surface area contributed by atoms with Gasteiger partial charge in [-0.15, -0.1) is 5.10 Å². The van der Waals surface area contributed by atoms with Gasteiger partial charge in [-0.2, -0.15) is 0 Å². The molecule has 0 spiro atoms. The van der Waals surface area contributed by atoms with E-state index in [1.807, 2.05) is 6.92 Å². The van der Waals surface area contributed by atoms with E-state index in [9.17, 15) is 10.3 Å². The molecule has 0 aromatic carbocycles. The standard InChI is InChI=1S/C10H18N4O3S/c1-4-8-11-12-10(18-8)14(16)6-13(2)7(5-17-3)9(14)15/h7,9,15H,4-6H2,1-3H3. The summed E-state index contributed by atoms with van der Waals surface area (Å²) < 4.78 is 4.18. The number of aromatic nitrogens is 2. The Bertz CT molecular complexity index is 416. The predicted octanol–water partition coefficient (Wildman–Crippen LogP) is 0.142. The Hall–Kier alpha value is -0.640. The number of methoxy groups -OCH3 is 1. The zero-order valence-electron chi connectivity index (χ0n) is 10.7. The lowest BCUT2D eigenvalue weighted by Gasteiger charge is -2.37. The van der Waals surface area contributed by atoms with Gasteiger partial charge in [0.05, 0.1) is 6.61 Å². The van der Waals surface area contributed by atoms with Crippen LogP contribution in [0.15, 0.2) is 0 Å². The molecule has 1 aromatic heterocycles. The van der Waals surface area contributed by atoms with Crippen molar-refractivity contribution in [3.05, 3.63) is 10.2 Å². The first-order valence-corrected chi connectivity index (χ1v) is 6.63. The summed E-state index contributed by atoms with van der Waals surface area (Å²) in [5.41, 5.74) is 0. The Labute approximate surface area is 110 Å². The molecule has 0 amide bonds. The summed E-state index contributed by atoms with van der Waals surface area (Å²) >= 11 is 1.26. The van der Waals surface area contributed by atoms with Crippen LogP contribution in [0.4, 0.5) is 5.13 Å². The summed E-state index contributed by atoms with van der Waals surface area (Å²) in [7, 11) is 3.35. The van der Waals surface area contributed by atoms with Gasteiger partial charge in [0.15, 0.2) is 0 Å². The first-order chi connectivity index (χ1) is 8.52. The second-order valence-corrected chi connectivity index (χ2v) is 5.50. The topological polar surface area (TPSA) is 81.5 Å².